The van der Waals surface area contributed by atoms with E-state index in [9.17, 15) is 0 Å². The molecular weight excluding hydrogens is 244 g/mol. The van der Waals surface area contributed by atoms with Gasteiger partial charge in [0.1, 0.15) is 4.99 Å². The number of hydrogen-bond donors (Lipinski definition) is 2. The van der Waals surface area contributed by atoms with Crippen molar-refractivity contribution >= 4 is 22.9 Å². The quantitative estimate of drug-likeness (QED) is 0.821. The highest BCUT2D eigenvalue weighted by molar-refractivity contribution is 7.80. The maximum absolute atomic E-state index is 5.85. The molecule has 1 aromatic rings. The first kappa shape index (κ1) is 11.9. The zero-order chi connectivity index (χ0) is 12.7. The maximum atomic E-state index is 5.85. The number of fused-ring (bicyclic) bond motifs is 2. The number of thiocarbonyl (C=S) groups is 1. The molecule has 0 radical (unpaired) electrons. The average molecular weight is 262 g/mol. The Morgan fingerprint density at radius 3 is 2.89 bits per heavy atom. The van der Waals surface area contributed by atoms with E-state index in [1.165, 1.54) is 12.0 Å². The summed E-state index contributed by atoms with van der Waals surface area (Å²) < 4.78 is 5.85. The summed E-state index contributed by atoms with van der Waals surface area (Å²) in [6.45, 7) is 2.05. The molecule has 3 N–H and O–H groups in total. The van der Waals surface area contributed by atoms with Gasteiger partial charge in [-0.2, -0.15) is 0 Å². The Labute approximate surface area is 113 Å². The minimum atomic E-state index is 0.357. The molecule has 3 nitrogen and oxygen atoms in total. The molecule has 2 saturated heterocycles. The molecule has 3 unspecified atom stereocenters. The van der Waals surface area contributed by atoms with Gasteiger partial charge >= 0.3 is 0 Å². The van der Waals surface area contributed by atoms with Crippen LogP contribution in [0.5, 0.6) is 0 Å². The number of anilines is 1. The van der Waals surface area contributed by atoms with Gasteiger partial charge in [-0.05, 0) is 38.3 Å². The lowest BCUT2D eigenvalue weighted by molar-refractivity contribution is 0.102. The van der Waals surface area contributed by atoms with E-state index in [-0.39, 0.29) is 0 Å². The highest BCUT2D eigenvalue weighted by Gasteiger charge is 2.40. The van der Waals surface area contributed by atoms with Crippen LogP contribution in [0, 0.1) is 6.92 Å². The Morgan fingerprint density at radius 2 is 2.28 bits per heavy atom. The fourth-order valence-electron chi connectivity index (χ4n) is 2.98. The standard InChI is InChI=1S/C14H18N2OS/c1-8-2-4-11(10(6-8)14(15)18)16-12-7-9-3-5-13(12)17-9/h2,4,6,9,12-13,16H,3,5,7H2,1H3,(H2,15,18). The van der Waals surface area contributed by atoms with Crippen LogP contribution in [-0.2, 0) is 4.74 Å². The number of ether oxygens (including phenoxy) is 1. The van der Waals surface area contributed by atoms with E-state index < -0.39 is 0 Å². The van der Waals surface area contributed by atoms with E-state index in [1.807, 2.05) is 13.0 Å². The molecule has 0 saturated carbocycles. The fourth-order valence-corrected chi connectivity index (χ4v) is 3.15. The Balaban J connectivity index is 1.82. The molecule has 3 rings (SSSR count). The van der Waals surface area contributed by atoms with Crippen LogP contribution < -0.4 is 11.1 Å². The third-order valence-electron chi connectivity index (χ3n) is 3.89. The minimum Gasteiger partial charge on any atom is -0.389 e. The zero-order valence-corrected chi connectivity index (χ0v) is 11.3. The summed E-state index contributed by atoms with van der Waals surface area (Å²) in [5.41, 5.74) is 8.94. The smallest absolute Gasteiger partial charge is 0.106 e. The molecule has 0 spiro atoms. The van der Waals surface area contributed by atoms with Gasteiger partial charge < -0.3 is 15.8 Å². The van der Waals surface area contributed by atoms with Gasteiger partial charge in [0.25, 0.3) is 0 Å². The Kier molecular flexibility index (Phi) is 2.99. The predicted molar refractivity (Wildman–Crippen MR) is 77.0 cm³/mol. The van der Waals surface area contributed by atoms with E-state index in [2.05, 4.69) is 17.4 Å². The van der Waals surface area contributed by atoms with Crippen molar-refractivity contribution in [2.45, 2.75) is 44.4 Å². The average Bonchev–Trinajstić information content (AvgIpc) is 2.93. The molecule has 0 aromatic heterocycles. The van der Waals surface area contributed by atoms with Crippen molar-refractivity contribution in [1.82, 2.24) is 0 Å². The zero-order valence-electron chi connectivity index (χ0n) is 10.5. The lowest BCUT2D eigenvalue weighted by Gasteiger charge is -2.23. The topological polar surface area (TPSA) is 47.3 Å². The highest BCUT2D eigenvalue weighted by Crippen LogP contribution is 2.36. The van der Waals surface area contributed by atoms with Crippen LogP contribution in [0.2, 0.25) is 0 Å². The molecule has 3 atom stereocenters. The monoisotopic (exact) mass is 262 g/mol. The van der Waals surface area contributed by atoms with Crippen LogP contribution in [0.25, 0.3) is 0 Å². The second-order valence-electron chi connectivity index (χ2n) is 5.27. The number of benzene rings is 1. The molecule has 2 fully saturated rings. The summed E-state index contributed by atoms with van der Waals surface area (Å²) >= 11 is 5.12. The first-order chi connectivity index (χ1) is 8.63. The first-order valence-corrected chi connectivity index (χ1v) is 6.87. The predicted octanol–water partition coefficient (Wildman–Crippen LogP) is 2.36. The Morgan fingerprint density at radius 1 is 1.44 bits per heavy atom. The van der Waals surface area contributed by atoms with E-state index in [1.54, 1.807) is 0 Å². The van der Waals surface area contributed by atoms with Crippen molar-refractivity contribution in [3.05, 3.63) is 29.3 Å². The molecule has 18 heavy (non-hydrogen) atoms. The van der Waals surface area contributed by atoms with E-state index in [4.69, 9.17) is 22.7 Å². The first-order valence-electron chi connectivity index (χ1n) is 6.46. The summed E-state index contributed by atoms with van der Waals surface area (Å²) in [5, 5.41) is 3.56. The highest BCUT2D eigenvalue weighted by atomic mass is 32.1. The van der Waals surface area contributed by atoms with Crippen LogP contribution in [0.3, 0.4) is 0 Å². The fraction of sp³-hybridized carbons (Fsp3) is 0.500. The van der Waals surface area contributed by atoms with E-state index in [0.29, 0.717) is 23.2 Å². The van der Waals surface area contributed by atoms with Gasteiger partial charge in [-0.1, -0.05) is 23.8 Å². The van der Waals surface area contributed by atoms with Crippen LogP contribution >= 0.6 is 12.2 Å². The summed E-state index contributed by atoms with van der Waals surface area (Å²) in [7, 11) is 0. The van der Waals surface area contributed by atoms with Gasteiger partial charge in [0, 0.05) is 11.3 Å². The summed E-state index contributed by atoms with van der Waals surface area (Å²) in [5.74, 6) is 0. The van der Waals surface area contributed by atoms with Gasteiger partial charge in [0.05, 0.1) is 18.2 Å². The molecule has 2 bridgehead atoms. The van der Waals surface area contributed by atoms with E-state index >= 15 is 0 Å². The Bertz CT molecular complexity index is 489. The summed E-state index contributed by atoms with van der Waals surface area (Å²) in [6.07, 6.45) is 4.27. The SMILES string of the molecule is Cc1ccc(NC2CC3CCC2O3)c(C(N)=S)c1. The molecule has 1 aromatic carbocycles. The van der Waals surface area contributed by atoms with Crippen LogP contribution in [0.1, 0.15) is 30.4 Å². The number of hydrogen-bond acceptors (Lipinski definition) is 3. The molecule has 96 valence electrons. The second-order valence-corrected chi connectivity index (χ2v) is 5.71. The van der Waals surface area contributed by atoms with Crippen molar-refractivity contribution in [3.63, 3.8) is 0 Å². The van der Waals surface area contributed by atoms with Gasteiger partial charge in [-0.25, -0.2) is 0 Å². The van der Waals surface area contributed by atoms with Crippen molar-refractivity contribution in [1.29, 1.82) is 0 Å². The second kappa shape index (κ2) is 4.52. The van der Waals surface area contributed by atoms with Crippen LogP contribution in [0.15, 0.2) is 18.2 Å². The number of nitrogens with two attached hydrogens (primary N) is 1. The number of nitrogens with one attached hydrogen (secondary N) is 1. The van der Waals surface area contributed by atoms with Gasteiger partial charge in [0.15, 0.2) is 0 Å². The number of rotatable bonds is 3. The lowest BCUT2D eigenvalue weighted by Crippen LogP contribution is -2.31. The maximum Gasteiger partial charge on any atom is 0.106 e. The van der Waals surface area contributed by atoms with Crippen LogP contribution in [-0.4, -0.2) is 23.2 Å². The molecule has 2 aliphatic rings. The summed E-state index contributed by atoms with van der Waals surface area (Å²) in [4.78, 5) is 0.449. The van der Waals surface area contributed by atoms with E-state index in [0.717, 1.165) is 24.1 Å². The lowest BCUT2D eigenvalue weighted by atomic mass is 9.95. The van der Waals surface area contributed by atoms with Crippen molar-refractivity contribution < 1.29 is 4.74 Å². The molecule has 0 aliphatic carbocycles. The van der Waals surface area contributed by atoms with Crippen LogP contribution in [0.4, 0.5) is 5.69 Å². The van der Waals surface area contributed by atoms with Crippen molar-refractivity contribution in [2.75, 3.05) is 5.32 Å². The van der Waals surface area contributed by atoms with Crippen molar-refractivity contribution in [2.24, 2.45) is 5.73 Å². The number of aryl methyl sites for hydroxylation is 1. The molecule has 4 heteroatoms. The largest absolute Gasteiger partial charge is 0.389 e. The molecule has 0 amide bonds. The third-order valence-corrected chi connectivity index (χ3v) is 4.11. The third kappa shape index (κ3) is 2.10. The molecule has 2 aliphatic heterocycles. The minimum absolute atomic E-state index is 0.357. The van der Waals surface area contributed by atoms with Gasteiger partial charge in [-0.3, -0.25) is 0 Å². The summed E-state index contributed by atoms with van der Waals surface area (Å²) in [6, 6.07) is 6.59. The Hall–Kier alpha value is -1.13. The molecular formula is C14H18N2OS. The van der Waals surface area contributed by atoms with Gasteiger partial charge in [-0.15, -0.1) is 0 Å². The normalized spacial score (nSPS) is 29.5. The molecule has 2 heterocycles. The van der Waals surface area contributed by atoms with Gasteiger partial charge in [0.2, 0.25) is 0 Å². The van der Waals surface area contributed by atoms with Crippen molar-refractivity contribution in [3.8, 4) is 0 Å².